The van der Waals surface area contributed by atoms with Crippen LogP contribution in [0.15, 0.2) is 28.8 Å². The molecule has 3 rings (SSSR count). The number of rotatable bonds is 6. The molecule has 0 spiro atoms. The molecule has 1 aliphatic heterocycles. The fourth-order valence-electron chi connectivity index (χ4n) is 3.32. The zero-order valence-corrected chi connectivity index (χ0v) is 14.2. The Morgan fingerprint density at radius 1 is 1.42 bits per heavy atom. The lowest BCUT2D eigenvalue weighted by Gasteiger charge is -2.39. The average Bonchev–Trinajstić information content (AvgIpc) is 3.02. The maximum absolute atomic E-state index is 11.8. The number of aryl methyl sites for hydroxylation is 1. The topological polar surface area (TPSA) is 85.3 Å². The molecule has 2 heterocycles. The van der Waals surface area contributed by atoms with Crippen LogP contribution in [-0.2, 0) is 17.8 Å². The van der Waals surface area contributed by atoms with Gasteiger partial charge in [-0.3, -0.25) is 4.79 Å². The summed E-state index contributed by atoms with van der Waals surface area (Å²) in [5, 5.41) is 4.11. The molecule has 0 unspecified atom stereocenters. The number of primary amides is 1. The van der Waals surface area contributed by atoms with Gasteiger partial charge in [-0.05, 0) is 31.4 Å². The van der Waals surface area contributed by atoms with E-state index in [1.165, 1.54) is 0 Å². The van der Waals surface area contributed by atoms with Crippen molar-refractivity contribution >= 4 is 11.6 Å². The van der Waals surface area contributed by atoms with Gasteiger partial charge in [0.1, 0.15) is 0 Å². The van der Waals surface area contributed by atoms with E-state index in [0.717, 1.165) is 30.5 Å². The summed E-state index contributed by atoms with van der Waals surface area (Å²) in [6, 6.07) is 8.10. The standard InChI is InChI=1S/C18H24N4O2/c1-3-4-9-17-20-16(21-24-17)11-22-12(2)10-14(18(19)23)13-7-5-6-8-15(13)22/h5-8,12,14H,3-4,9-11H2,1-2H3,(H2,19,23)/t12-,14-/m0/s1. The molecule has 0 radical (unpaired) electrons. The summed E-state index contributed by atoms with van der Waals surface area (Å²) in [6.07, 6.45) is 3.67. The number of nitrogens with zero attached hydrogens (tertiary/aromatic N) is 3. The van der Waals surface area contributed by atoms with Crippen molar-refractivity contribution in [2.24, 2.45) is 5.73 Å². The molecule has 1 aromatic heterocycles. The van der Waals surface area contributed by atoms with Gasteiger partial charge in [0.15, 0.2) is 5.82 Å². The van der Waals surface area contributed by atoms with Gasteiger partial charge < -0.3 is 15.2 Å². The molecule has 6 heteroatoms. The van der Waals surface area contributed by atoms with Gasteiger partial charge in [-0.25, -0.2) is 0 Å². The number of anilines is 1. The van der Waals surface area contributed by atoms with Crippen molar-refractivity contribution in [2.45, 2.75) is 58.0 Å². The molecule has 0 fully saturated rings. The van der Waals surface area contributed by atoms with E-state index < -0.39 is 0 Å². The number of nitrogens with two attached hydrogens (primary N) is 1. The molecule has 2 atom stereocenters. The van der Waals surface area contributed by atoms with Crippen molar-refractivity contribution in [3.05, 3.63) is 41.5 Å². The number of carbonyl (C=O) groups excluding carboxylic acids is 1. The first kappa shape index (κ1) is 16.5. The van der Waals surface area contributed by atoms with Gasteiger partial charge in [-0.15, -0.1) is 0 Å². The molecule has 6 nitrogen and oxygen atoms in total. The van der Waals surface area contributed by atoms with Crippen molar-refractivity contribution < 1.29 is 9.32 Å². The quantitative estimate of drug-likeness (QED) is 0.881. The predicted molar refractivity (Wildman–Crippen MR) is 91.5 cm³/mol. The highest BCUT2D eigenvalue weighted by atomic mass is 16.5. The largest absolute Gasteiger partial charge is 0.369 e. The Bertz CT molecular complexity index is 713. The Kier molecular flexibility index (Phi) is 4.83. The molecule has 128 valence electrons. The second kappa shape index (κ2) is 7.03. The molecule has 1 aromatic carbocycles. The minimum absolute atomic E-state index is 0.176. The molecule has 24 heavy (non-hydrogen) atoms. The molecular weight excluding hydrogens is 304 g/mol. The van der Waals surface area contributed by atoms with E-state index in [-0.39, 0.29) is 17.9 Å². The molecule has 0 saturated heterocycles. The van der Waals surface area contributed by atoms with Crippen LogP contribution in [0.2, 0.25) is 0 Å². The van der Waals surface area contributed by atoms with Crippen LogP contribution in [0, 0.1) is 0 Å². The molecule has 0 aliphatic carbocycles. The molecule has 0 bridgehead atoms. The van der Waals surface area contributed by atoms with Crippen LogP contribution >= 0.6 is 0 Å². The molecule has 2 aromatic rings. The summed E-state index contributed by atoms with van der Waals surface area (Å²) < 4.78 is 5.33. The van der Waals surface area contributed by atoms with Crippen LogP contribution in [-0.4, -0.2) is 22.1 Å². The van der Waals surface area contributed by atoms with E-state index in [1.54, 1.807) is 0 Å². The third kappa shape index (κ3) is 3.27. The number of hydrogen-bond donors (Lipinski definition) is 1. The first-order valence-electron chi connectivity index (χ1n) is 8.56. The van der Waals surface area contributed by atoms with Crippen molar-refractivity contribution in [1.82, 2.24) is 10.1 Å². The highest BCUT2D eigenvalue weighted by molar-refractivity contribution is 5.85. The Morgan fingerprint density at radius 3 is 2.96 bits per heavy atom. The van der Waals surface area contributed by atoms with Gasteiger partial charge in [-0.2, -0.15) is 4.98 Å². The molecule has 0 saturated carbocycles. The summed E-state index contributed by atoms with van der Waals surface area (Å²) in [6.45, 7) is 4.81. The Balaban J connectivity index is 1.83. The number of hydrogen-bond acceptors (Lipinski definition) is 5. The fourth-order valence-corrected chi connectivity index (χ4v) is 3.32. The zero-order chi connectivity index (χ0) is 17.1. The van der Waals surface area contributed by atoms with Crippen LogP contribution in [0.3, 0.4) is 0 Å². The number of fused-ring (bicyclic) bond motifs is 1. The third-order valence-electron chi connectivity index (χ3n) is 4.64. The number of unbranched alkanes of at least 4 members (excludes halogenated alkanes) is 1. The minimum atomic E-state index is -0.268. The van der Waals surface area contributed by atoms with Gasteiger partial charge in [0.25, 0.3) is 0 Å². The minimum Gasteiger partial charge on any atom is -0.369 e. The first-order chi connectivity index (χ1) is 11.6. The lowest BCUT2D eigenvalue weighted by molar-refractivity contribution is -0.119. The van der Waals surface area contributed by atoms with Gasteiger partial charge in [0, 0.05) is 18.2 Å². The van der Waals surface area contributed by atoms with Crippen LogP contribution in [0.5, 0.6) is 0 Å². The molecule has 1 amide bonds. The maximum Gasteiger partial charge on any atom is 0.226 e. The SMILES string of the molecule is CCCCc1nc(CN2c3ccccc3[C@@H](C(N)=O)C[C@@H]2C)no1. The van der Waals surface area contributed by atoms with Crippen LogP contribution in [0.1, 0.15) is 56.3 Å². The molecule has 1 aliphatic rings. The van der Waals surface area contributed by atoms with E-state index in [0.29, 0.717) is 24.7 Å². The van der Waals surface area contributed by atoms with Gasteiger partial charge >= 0.3 is 0 Å². The van der Waals surface area contributed by atoms with Crippen molar-refractivity contribution in [1.29, 1.82) is 0 Å². The second-order valence-electron chi connectivity index (χ2n) is 6.43. The predicted octanol–water partition coefficient (Wildman–Crippen LogP) is 2.78. The fraction of sp³-hybridized carbons (Fsp3) is 0.500. The van der Waals surface area contributed by atoms with E-state index in [9.17, 15) is 4.79 Å². The average molecular weight is 328 g/mol. The third-order valence-corrected chi connectivity index (χ3v) is 4.64. The lowest BCUT2D eigenvalue weighted by Crippen LogP contribution is -2.41. The zero-order valence-electron chi connectivity index (χ0n) is 14.2. The summed E-state index contributed by atoms with van der Waals surface area (Å²) in [5.74, 6) is 0.869. The van der Waals surface area contributed by atoms with Gasteiger partial charge in [0.2, 0.25) is 11.8 Å². The number of benzene rings is 1. The Labute approximate surface area is 142 Å². The monoisotopic (exact) mass is 328 g/mol. The van der Waals surface area contributed by atoms with E-state index in [4.69, 9.17) is 10.3 Å². The van der Waals surface area contributed by atoms with E-state index in [2.05, 4.69) is 28.9 Å². The van der Waals surface area contributed by atoms with Crippen molar-refractivity contribution in [3.8, 4) is 0 Å². The van der Waals surface area contributed by atoms with Crippen molar-refractivity contribution in [3.63, 3.8) is 0 Å². The molecule has 2 N–H and O–H groups in total. The number of aromatic nitrogens is 2. The number of para-hydroxylation sites is 1. The normalized spacial score (nSPS) is 20.0. The highest BCUT2D eigenvalue weighted by Gasteiger charge is 2.33. The number of carbonyl (C=O) groups is 1. The van der Waals surface area contributed by atoms with Crippen molar-refractivity contribution in [2.75, 3.05) is 4.90 Å². The van der Waals surface area contributed by atoms with Gasteiger partial charge in [-0.1, -0.05) is 36.7 Å². The first-order valence-corrected chi connectivity index (χ1v) is 8.56. The summed E-state index contributed by atoms with van der Waals surface area (Å²) >= 11 is 0. The maximum atomic E-state index is 11.8. The molecular formula is C18H24N4O2. The summed E-state index contributed by atoms with van der Waals surface area (Å²) in [7, 11) is 0. The van der Waals surface area contributed by atoms with Crippen LogP contribution in [0.25, 0.3) is 0 Å². The van der Waals surface area contributed by atoms with Crippen LogP contribution in [0.4, 0.5) is 5.69 Å². The lowest BCUT2D eigenvalue weighted by atomic mass is 9.85. The van der Waals surface area contributed by atoms with E-state index >= 15 is 0 Å². The van der Waals surface area contributed by atoms with Gasteiger partial charge in [0.05, 0.1) is 12.5 Å². The second-order valence-corrected chi connectivity index (χ2v) is 6.43. The van der Waals surface area contributed by atoms with E-state index in [1.807, 2.05) is 24.3 Å². The smallest absolute Gasteiger partial charge is 0.226 e. The van der Waals surface area contributed by atoms with Crippen LogP contribution < -0.4 is 10.6 Å². The Hall–Kier alpha value is -2.37. The summed E-state index contributed by atoms with van der Waals surface area (Å²) in [4.78, 5) is 18.5. The summed E-state index contributed by atoms with van der Waals surface area (Å²) in [5.41, 5.74) is 7.61. The Morgan fingerprint density at radius 2 is 2.21 bits per heavy atom. The number of amides is 1. The highest BCUT2D eigenvalue weighted by Crippen LogP contribution is 2.38.